The molecule has 0 aromatic rings. The van der Waals surface area contributed by atoms with Crippen LogP contribution in [0.3, 0.4) is 0 Å². The lowest BCUT2D eigenvalue weighted by atomic mass is 10.0. The molecule has 4 heteroatoms. The molecule has 0 saturated heterocycles. The molecule has 0 aromatic carbocycles. The summed E-state index contributed by atoms with van der Waals surface area (Å²) in [6, 6.07) is 0. The number of thiocarbonyl (C=S) groups is 1. The van der Waals surface area contributed by atoms with E-state index in [1.165, 1.54) is 103 Å². The molecule has 2 N–H and O–H groups in total. The van der Waals surface area contributed by atoms with E-state index < -0.39 is 0 Å². The molecular weight excluding hydrogens is 334 g/mol. The van der Waals surface area contributed by atoms with E-state index in [0.717, 1.165) is 13.0 Å². The summed E-state index contributed by atoms with van der Waals surface area (Å²) in [7, 11) is 0. The van der Waals surface area contributed by atoms with Crippen molar-refractivity contribution < 1.29 is 5.11 Å². The second kappa shape index (κ2) is 21.2. The molecule has 2 nitrogen and oxygen atoms in total. The van der Waals surface area contributed by atoms with Gasteiger partial charge in [-0.1, -0.05) is 109 Å². The second-order valence-corrected chi connectivity index (χ2v) is 8.12. The average Bonchev–Trinajstić information content (AvgIpc) is 2.56. The van der Waals surface area contributed by atoms with Crippen molar-refractivity contribution in [3.63, 3.8) is 0 Å². The summed E-state index contributed by atoms with van der Waals surface area (Å²) < 4.78 is 0.619. The summed E-state index contributed by atoms with van der Waals surface area (Å²) in [5.41, 5.74) is 0. The van der Waals surface area contributed by atoms with Crippen molar-refractivity contribution in [1.82, 2.24) is 5.32 Å². The summed E-state index contributed by atoms with van der Waals surface area (Å²) in [5, 5.41) is 11.8. The molecule has 0 saturated carbocycles. The van der Waals surface area contributed by atoms with Gasteiger partial charge in [-0.25, -0.2) is 0 Å². The molecule has 0 aromatic heterocycles. The van der Waals surface area contributed by atoms with Crippen LogP contribution < -0.4 is 5.32 Å². The Hall–Kier alpha value is 0.200. The molecule has 0 radical (unpaired) electrons. The Morgan fingerprint density at radius 1 is 0.583 bits per heavy atom. The minimum atomic E-state index is 0.364. The zero-order valence-corrected chi connectivity index (χ0v) is 17.4. The van der Waals surface area contributed by atoms with Crippen LogP contribution in [0.2, 0.25) is 0 Å². The number of nitrogens with one attached hydrogen (secondary N) is 1. The lowest BCUT2D eigenvalue weighted by Crippen LogP contribution is -2.17. The van der Waals surface area contributed by atoms with Crippen LogP contribution in [0, 0.1) is 0 Å². The quantitative estimate of drug-likeness (QED) is 0.138. The molecule has 144 valence electrons. The van der Waals surface area contributed by atoms with E-state index in [0.29, 0.717) is 10.9 Å². The normalized spacial score (nSPS) is 10.9. The minimum absolute atomic E-state index is 0.364. The Balaban J connectivity index is 2.97. The largest absolute Gasteiger partial charge is 0.396 e. The summed E-state index contributed by atoms with van der Waals surface area (Å²) in [5.74, 6) is 0. The molecule has 0 aliphatic carbocycles. The van der Waals surface area contributed by atoms with Crippen molar-refractivity contribution in [2.24, 2.45) is 0 Å². The predicted molar refractivity (Wildman–Crippen MR) is 115 cm³/mol. The van der Waals surface area contributed by atoms with Gasteiger partial charge in [-0.15, -0.1) is 12.6 Å². The van der Waals surface area contributed by atoms with Gasteiger partial charge in [-0.05, 0) is 12.8 Å². The Bertz CT molecular complexity index is 262. The fourth-order valence-corrected chi connectivity index (χ4v) is 3.30. The predicted octanol–water partition coefficient (Wildman–Crippen LogP) is 6.41. The van der Waals surface area contributed by atoms with Crippen LogP contribution in [0.25, 0.3) is 0 Å². The summed E-state index contributed by atoms with van der Waals surface area (Å²) in [6.07, 6.45) is 22.9. The second-order valence-electron chi connectivity index (χ2n) is 6.97. The van der Waals surface area contributed by atoms with E-state index in [-0.39, 0.29) is 0 Å². The number of hydrogen-bond acceptors (Lipinski definition) is 2. The minimum Gasteiger partial charge on any atom is -0.396 e. The first-order valence-corrected chi connectivity index (χ1v) is 11.2. The van der Waals surface area contributed by atoms with Crippen molar-refractivity contribution in [3.05, 3.63) is 0 Å². The number of rotatable bonds is 19. The monoisotopic (exact) mass is 375 g/mol. The van der Waals surface area contributed by atoms with E-state index in [9.17, 15) is 0 Å². The highest BCUT2D eigenvalue weighted by Gasteiger charge is 1.95. The van der Waals surface area contributed by atoms with Crippen LogP contribution in [-0.2, 0) is 0 Å². The molecule has 0 rings (SSSR count). The van der Waals surface area contributed by atoms with Gasteiger partial charge >= 0.3 is 0 Å². The Kier molecular flexibility index (Phi) is 21.4. The molecule has 0 heterocycles. The van der Waals surface area contributed by atoms with Gasteiger partial charge in [-0.3, -0.25) is 0 Å². The van der Waals surface area contributed by atoms with Crippen LogP contribution in [-0.4, -0.2) is 22.6 Å². The van der Waals surface area contributed by atoms with Gasteiger partial charge in [0.15, 0.2) is 0 Å². The van der Waals surface area contributed by atoms with E-state index >= 15 is 0 Å². The van der Waals surface area contributed by atoms with Gasteiger partial charge in [0.25, 0.3) is 0 Å². The van der Waals surface area contributed by atoms with Crippen LogP contribution in [0.4, 0.5) is 0 Å². The number of aliphatic hydroxyl groups is 1. The number of hydrogen-bond donors (Lipinski definition) is 3. The Morgan fingerprint density at radius 3 is 1.17 bits per heavy atom. The highest BCUT2D eigenvalue weighted by atomic mass is 32.1. The maximum absolute atomic E-state index is 8.71. The van der Waals surface area contributed by atoms with Crippen molar-refractivity contribution in [3.8, 4) is 0 Å². The topological polar surface area (TPSA) is 32.3 Å². The first kappa shape index (κ1) is 24.2. The summed E-state index contributed by atoms with van der Waals surface area (Å²) >= 11 is 8.91. The van der Waals surface area contributed by atoms with Crippen molar-refractivity contribution in [2.45, 2.75) is 109 Å². The third-order valence-electron chi connectivity index (χ3n) is 4.61. The molecular formula is C20H41NOS2. The van der Waals surface area contributed by atoms with Crippen LogP contribution in [0.5, 0.6) is 0 Å². The zero-order valence-electron chi connectivity index (χ0n) is 15.7. The molecule has 24 heavy (non-hydrogen) atoms. The highest BCUT2D eigenvalue weighted by molar-refractivity contribution is 8.11. The number of unbranched alkanes of at least 4 members (excludes halogenated alkanes) is 16. The maximum atomic E-state index is 8.71. The molecule has 0 spiro atoms. The Morgan fingerprint density at radius 2 is 0.875 bits per heavy atom. The van der Waals surface area contributed by atoms with Crippen LogP contribution >= 0.6 is 24.8 Å². The molecule has 0 fully saturated rings. The molecule has 0 unspecified atom stereocenters. The molecule has 0 atom stereocenters. The first-order valence-electron chi connectivity index (χ1n) is 10.3. The summed E-state index contributed by atoms with van der Waals surface area (Å²) in [4.78, 5) is 0. The van der Waals surface area contributed by atoms with E-state index in [2.05, 4.69) is 17.9 Å². The van der Waals surface area contributed by atoms with Crippen LogP contribution in [0.1, 0.15) is 109 Å². The van der Waals surface area contributed by atoms with E-state index in [1.54, 1.807) is 0 Å². The van der Waals surface area contributed by atoms with Crippen LogP contribution in [0.15, 0.2) is 0 Å². The van der Waals surface area contributed by atoms with Gasteiger partial charge in [0, 0.05) is 13.2 Å². The van der Waals surface area contributed by atoms with Crippen molar-refractivity contribution >= 4 is 29.2 Å². The zero-order chi connectivity index (χ0) is 17.7. The standard InChI is InChI=1S/C20H41NOS2/c22-19-17-15-13-11-9-7-5-3-1-2-4-6-8-10-12-14-16-18-21-20(23)24/h22H,1-19H2,(H2,21,23,24). The number of aliphatic hydroxyl groups excluding tert-OH is 1. The highest BCUT2D eigenvalue weighted by Crippen LogP contribution is 2.13. The van der Waals surface area contributed by atoms with Gasteiger partial charge in [0.1, 0.15) is 4.32 Å². The van der Waals surface area contributed by atoms with Gasteiger partial charge < -0.3 is 10.4 Å². The van der Waals surface area contributed by atoms with E-state index in [1.807, 2.05) is 0 Å². The third-order valence-corrected chi connectivity index (χ3v) is 4.91. The molecule has 0 amide bonds. The fraction of sp³-hybridized carbons (Fsp3) is 0.950. The SMILES string of the molecule is OCCCCCCCCCCCCCCCCCCCNC(=S)S. The Labute approximate surface area is 162 Å². The average molecular weight is 376 g/mol. The van der Waals surface area contributed by atoms with Gasteiger partial charge in [0.2, 0.25) is 0 Å². The summed E-state index contributed by atoms with van der Waals surface area (Å²) in [6.45, 7) is 1.34. The van der Waals surface area contributed by atoms with Gasteiger partial charge in [0.05, 0.1) is 0 Å². The lowest BCUT2D eigenvalue weighted by molar-refractivity contribution is 0.282. The lowest BCUT2D eigenvalue weighted by Gasteiger charge is -2.04. The molecule has 0 aliphatic rings. The molecule has 0 aliphatic heterocycles. The first-order chi connectivity index (χ1) is 11.8. The number of thiol groups is 1. The third kappa shape index (κ3) is 22.2. The fourth-order valence-electron chi connectivity index (χ4n) is 3.08. The van der Waals surface area contributed by atoms with Gasteiger partial charge in [-0.2, -0.15) is 0 Å². The van der Waals surface area contributed by atoms with Crippen molar-refractivity contribution in [1.29, 1.82) is 0 Å². The van der Waals surface area contributed by atoms with E-state index in [4.69, 9.17) is 17.3 Å². The van der Waals surface area contributed by atoms with Crippen molar-refractivity contribution in [2.75, 3.05) is 13.2 Å². The molecule has 0 bridgehead atoms. The maximum Gasteiger partial charge on any atom is 0.130 e. The smallest absolute Gasteiger partial charge is 0.130 e.